The summed E-state index contributed by atoms with van der Waals surface area (Å²) in [5, 5.41) is 0. The molecule has 0 aromatic heterocycles. The third kappa shape index (κ3) is 3.52. The van der Waals surface area contributed by atoms with E-state index in [4.69, 9.17) is 9.47 Å². The van der Waals surface area contributed by atoms with Gasteiger partial charge in [0.05, 0.1) is 12.6 Å². The molecule has 5 rings (SSSR count). The highest BCUT2D eigenvalue weighted by Crippen LogP contribution is 2.38. The van der Waals surface area contributed by atoms with Gasteiger partial charge in [-0.15, -0.1) is 4.40 Å². The van der Waals surface area contributed by atoms with E-state index in [1.807, 2.05) is 23.1 Å². The molecule has 3 heterocycles. The largest absolute Gasteiger partial charge is 0.486 e. The Morgan fingerprint density at radius 3 is 2.77 bits per heavy atom. The highest BCUT2D eigenvalue weighted by molar-refractivity contribution is 7.90. The smallest absolute Gasteiger partial charge is 0.285 e. The quantitative estimate of drug-likeness (QED) is 0.726. The van der Waals surface area contributed by atoms with E-state index in [0.717, 1.165) is 24.2 Å². The SMILES string of the molecule is CN(CC(=O)N1CCC[C@H]1c1ccc2c(c1)OCCO2)C1=NS(=O)(=O)c2ccccc21. The van der Waals surface area contributed by atoms with Gasteiger partial charge in [-0.25, -0.2) is 0 Å². The number of carbonyl (C=O) groups excluding carboxylic acids is 1. The molecule has 1 amide bonds. The van der Waals surface area contributed by atoms with Crippen LogP contribution in [0.15, 0.2) is 51.8 Å². The van der Waals surface area contributed by atoms with Gasteiger partial charge in [0.1, 0.15) is 18.1 Å². The third-order valence-electron chi connectivity index (χ3n) is 5.87. The van der Waals surface area contributed by atoms with Crippen LogP contribution >= 0.6 is 0 Å². The average molecular weight is 442 g/mol. The molecule has 0 saturated carbocycles. The highest BCUT2D eigenvalue weighted by Gasteiger charge is 2.34. The molecule has 1 fully saturated rings. The topological polar surface area (TPSA) is 88.5 Å². The van der Waals surface area contributed by atoms with Gasteiger partial charge in [0.15, 0.2) is 17.3 Å². The Morgan fingerprint density at radius 2 is 1.94 bits per heavy atom. The fourth-order valence-electron chi connectivity index (χ4n) is 4.41. The Labute approximate surface area is 181 Å². The molecule has 0 radical (unpaired) electrons. The van der Waals surface area contributed by atoms with E-state index in [2.05, 4.69) is 4.40 Å². The summed E-state index contributed by atoms with van der Waals surface area (Å²) in [4.78, 5) is 16.8. The number of ether oxygens (including phenoxy) is 2. The molecule has 31 heavy (non-hydrogen) atoms. The van der Waals surface area contributed by atoms with Crippen molar-refractivity contribution in [2.24, 2.45) is 4.40 Å². The van der Waals surface area contributed by atoms with Crippen LogP contribution in [0.5, 0.6) is 11.5 Å². The molecule has 3 aliphatic heterocycles. The lowest BCUT2D eigenvalue weighted by atomic mass is 10.0. The van der Waals surface area contributed by atoms with Gasteiger partial charge in [0.25, 0.3) is 10.0 Å². The number of benzene rings is 2. The maximum atomic E-state index is 13.2. The molecule has 1 saturated heterocycles. The number of amidine groups is 1. The lowest BCUT2D eigenvalue weighted by molar-refractivity contribution is -0.132. The van der Waals surface area contributed by atoms with Crippen molar-refractivity contribution >= 4 is 21.8 Å². The molecule has 0 spiro atoms. The predicted octanol–water partition coefficient (Wildman–Crippen LogP) is 2.20. The first-order chi connectivity index (χ1) is 14.9. The summed E-state index contributed by atoms with van der Waals surface area (Å²) in [7, 11) is -2.02. The zero-order valence-electron chi connectivity index (χ0n) is 17.2. The summed E-state index contributed by atoms with van der Waals surface area (Å²) < 4.78 is 39.9. The van der Waals surface area contributed by atoms with E-state index < -0.39 is 10.0 Å². The number of likely N-dealkylation sites (tertiary alicyclic amines) is 1. The maximum Gasteiger partial charge on any atom is 0.285 e. The van der Waals surface area contributed by atoms with Crippen molar-refractivity contribution < 1.29 is 22.7 Å². The number of amides is 1. The summed E-state index contributed by atoms with van der Waals surface area (Å²) in [6.45, 7) is 1.76. The molecular formula is C22H23N3O5S. The minimum Gasteiger partial charge on any atom is -0.486 e. The summed E-state index contributed by atoms with van der Waals surface area (Å²) in [6, 6.07) is 12.5. The second kappa shape index (κ2) is 7.56. The minimum absolute atomic E-state index is 0.0433. The first kappa shape index (κ1) is 19.9. The fourth-order valence-corrected chi connectivity index (χ4v) is 5.66. The van der Waals surface area contributed by atoms with Crippen molar-refractivity contribution in [3.05, 3.63) is 53.6 Å². The predicted molar refractivity (Wildman–Crippen MR) is 114 cm³/mol. The minimum atomic E-state index is -3.72. The van der Waals surface area contributed by atoms with Gasteiger partial charge in [0.2, 0.25) is 5.91 Å². The molecule has 0 unspecified atom stereocenters. The highest BCUT2D eigenvalue weighted by atomic mass is 32.2. The van der Waals surface area contributed by atoms with E-state index in [1.165, 1.54) is 6.07 Å². The van der Waals surface area contributed by atoms with Crippen molar-refractivity contribution in [2.45, 2.75) is 23.8 Å². The Balaban J connectivity index is 1.35. The van der Waals surface area contributed by atoms with E-state index in [9.17, 15) is 13.2 Å². The molecule has 3 aliphatic rings. The molecule has 9 heteroatoms. The standard InChI is InChI=1S/C22H23N3O5S/c1-24(22-16-5-2-3-7-20(16)31(27,28)23-22)14-21(26)25-10-4-6-17(25)15-8-9-18-19(13-15)30-12-11-29-18/h2-3,5,7-9,13,17H,4,6,10-12,14H2,1H3/t17-/m0/s1. The summed E-state index contributed by atoms with van der Waals surface area (Å²) >= 11 is 0. The van der Waals surface area contributed by atoms with Crippen LogP contribution in [0.1, 0.15) is 30.0 Å². The molecule has 2 aromatic rings. The lowest BCUT2D eigenvalue weighted by Crippen LogP contribution is -2.40. The Morgan fingerprint density at radius 1 is 1.16 bits per heavy atom. The molecular weight excluding hydrogens is 418 g/mol. The van der Waals surface area contributed by atoms with Crippen LogP contribution in [0.25, 0.3) is 0 Å². The van der Waals surface area contributed by atoms with Gasteiger partial charge in [-0.3, -0.25) is 4.79 Å². The van der Waals surface area contributed by atoms with Crippen LogP contribution in [0.4, 0.5) is 0 Å². The van der Waals surface area contributed by atoms with Gasteiger partial charge in [0, 0.05) is 19.2 Å². The Bertz CT molecular complexity index is 1180. The Kier molecular flexibility index (Phi) is 4.85. The monoisotopic (exact) mass is 441 g/mol. The van der Waals surface area contributed by atoms with Crippen molar-refractivity contribution in [1.82, 2.24) is 9.80 Å². The number of hydrogen-bond acceptors (Lipinski definition) is 6. The van der Waals surface area contributed by atoms with E-state index in [0.29, 0.717) is 36.9 Å². The normalized spacial score (nSPS) is 20.9. The Hall–Kier alpha value is -3.07. The van der Waals surface area contributed by atoms with Crippen molar-refractivity contribution in [3.8, 4) is 11.5 Å². The molecule has 2 aromatic carbocycles. The molecule has 8 nitrogen and oxygen atoms in total. The van der Waals surface area contributed by atoms with E-state index >= 15 is 0 Å². The van der Waals surface area contributed by atoms with Crippen LogP contribution in [-0.2, 0) is 14.8 Å². The van der Waals surface area contributed by atoms with Crippen molar-refractivity contribution in [1.29, 1.82) is 0 Å². The van der Waals surface area contributed by atoms with Gasteiger partial charge in [-0.2, -0.15) is 8.42 Å². The number of sulfonamides is 1. The number of likely N-dealkylation sites (N-methyl/N-ethyl adjacent to an activating group) is 1. The van der Waals surface area contributed by atoms with Gasteiger partial charge in [-0.1, -0.05) is 18.2 Å². The number of carbonyl (C=O) groups is 1. The van der Waals surface area contributed by atoms with E-state index in [-0.39, 0.29) is 23.4 Å². The average Bonchev–Trinajstić information content (AvgIpc) is 3.37. The van der Waals surface area contributed by atoms with E-state index in [1.54, 1.807) is 30.1 Å². The van der Waals surface area contributed by atoms with Crippen LogP contribution in [0.3, 0.4) is 0 Å². The second-order valence-corrected chi connectivity index (χ2v) is 9.46. The van der Waals surface area contributed by atoms with Crippen LogP contribution in [0, 0.1) is 0 Å². The van der Waals surface area contributed by atoms with Gasteiger partial charge >= 0.3 is 0 Å². The molecule has 0 aliphatic carbocycles. The van der Waals surface area contributed by atoms with Crippen LogP contribution < -0.4 is 9.47 Å². The summed E-state index contributed by atoms with van der Waals surface area (Å²) in [6.07, 6.45) is 1.78. The molecule has 0 bridgehead atoms. The van der Waals surface area contributed by atoms with Crippen LogP contribution in [0.2, 0.25) is 0 Å². The molecule has 162 valence electrons. The number of fused-ring (bicyclic) bond motifs is 2. The molecule has 0 N–H and O–H groups in total. The van der Waals surface area contributed by atoms with Crippen LogP contribution in [-0.4, -0.2) is 63.3 Å². The zero-order valence-corrected chi connectivity index (χ0v) is 18.0. The third-order valence-corrected chi connectivity index (χ3v) is 7.20. The zero-order chi connectivity index (χ0) is 21.6. The number of rotatable bonds is 3. The summed E-state index contributed by atoms with van der Waals surface area (Å²) in [5.74, 6) is 1.68. The van der Waals surface area contributed by atoms with Gasteiger partial charge < -0.3 is 19.3 Å². The summed E-state index contributed by atoms with van der Waals surface area (Å²) in [5.41, 5.74) is 1.55. The maximum absolute atomic E-state index is 13.2. The molecule has 1 atom stereocenters. The lowest BCUT2D eigenvalue weighted by Gasteiger charge is -2.29. The van der Waals surface area contributed by atoms with Crippen molar-refractivity contribution in [3.63, 3.8) is 0 Å². The second-order valence-electron chi connectivity index (χ2n) is 7.89. The number of nitrogens with zero attached hydrogens (tertiary/aromatic N) is 3. The fraction of sp³-hybridized carbons (Fsp3) is 0.364. The number of hydrogen-bond donors (Lipinski definition) is 0. The first-order valence-electron chi connectivity index (χ1n) is 10.3. The first-order valence-corrected chi connectivity index (χ1v) is 11.7. The van der Waals surface area contributed by atoms with Crippen molar-refractivity contribution in [2.75, 3.05) is 33.4 Å². The van der Waals surface area contributed by atoms with Gasteiger partial charge in [-0.05, 0) is 42.7 Å².